The van der Waals surface area contributed by atoms with Gasteiger partial charge in [-0.2, -0.15) is 0 Å². The standard InChI is InChI=1S/C19H18Cl2N2O5/c1-12(18(25)23-19(26)22-10-13-5-3-2-4-6-13)28-17(24)11-27-16-8-7-14(20)9-15(16)21/h2-9,12H,10-11H2,1H3,(H2,22,23,25,26). The van der Waals surface area contributed by atoms with Crippen LogP contribution in [0.5, 0.6) is 5.75 Å². The maximum atomic E-state index is 11.9. The molecule has 0 aliphatic heterocycles. The molecule has 0 aromatic heterocycles. The zero-order valence-corrected chi connectivity index (χ0v) is 16.4. The predicted molar refractivity (Wildman–Crippen MR) is 104 cm³/mol. The minimum atomic E-state index is -1.18. The molecule has 0 saturated carbocycles. The van der Waals surface area contributed by atoms with Crippen LogP contribution in [-0.2, 0) is 20.9 Å². The second kappa shape index (κ2) is 10.5. The van der Waals surface area contributed by atoms with Gasteiger partial charge in [0.05, 0.1) is 5.02 Å². The third kappa shape index (κ3) is 7.09. The minimum absolute atomic E-state index is 0.237. The number of amides is 3. The third-order valence-electron chi connectivity index (χ3n) is 3.45. The highest BCUT2D eigenvalue weighted by atomic mass is 35.5. The number of benzene rings is 2. The van der Waals surface area contributed by atoms with Gasteiger partial charge >= 0.3 is 12.0 Å². The van der Waals surface area contributed by atoms with Crippen LogP contribution in [0.1, 0.15) is 12.5 Å². The highest BCUT2D eigenvalue weighted by Gasteiger charge is 2.20. The molecule has 0 saturated heterocycles. The summed E-state index contributed by atoms with van der Waals surface area (Å²) in [5.41, 5.74) is 0.877. The van der Waals surface area contributed by atoms with Crippen LogP contribution in [0, 0.1) is 0 Å². The monoisotopic (exact) mass is 424 g/mol. The van der Waals surface area contributed by atoms with E-state index in [9.17, 15) is 14.4 Å². The van der Waals surface area contributed by atoms with E-state index < -0.39 is 30.6 Å². The van der Waals surface area contributed by atoms with Gasteiger partial charge in [0.25, 0.3) is 5.91 Å². The first-order chi connectivity index (χ1) is 13.3. The minimum Gasteiger partial charge on any atom is -0.480 e. The Morgan fingerprint density at radius 2 is 1.79 bits per heavy atom. The molecule has 1 atom stereocenters. The summed E-state index contributed by atoms with van der Waals surface area (Å²) in [6.07, 6.45) is -1.18. The molecule has 2 aromatic rings. The van der Waals surface area contributed by atoms with E-state index in [4.69, 9.17) is 32.7 Å². The molecule has 0 aliphatic rings. The number of halogens is 2. The molecule has 2 rings (SSSR count). The van der Waals surface area contributed by atoms with Crippen molar-refractivity contribution in [2.24, 2.45) is 0 Å². The summed E-state index contributed by atoms with van der Waals surface area (Å²) >= 11 is 11.7. The van der Waals surface area contributed by atoms with Crippen molar-refractivity contribution >= 4 is 41.1 Å². The van der Waals surface area contributed by atoms with Gasteiger partial charge in [0.15, 0.2) is 12.7 Å². The van der Waals surface area contributed by atoms with E-state index in [1.165, 1.54) is 19.1 Å². The Kier molecular flexibility index (Phi) is 8.10. The Bertz CT molecular complexity index is 845. The number of urea groups is 1. The largest absolute Gasteiger partial charge is 0.480 e. The van der Waals surface area contributed by atoms with Gasteiger partial charge in [-0.1, -0.05) is 53.5 Å². The van der Waals surface area contributed by atoms with Gasteiger partial charge in [0.2, 0.25) is 0 Å². The van der Waals surface area contributed by atoms with Crippen LogP contribution >= 0.6 is 23.2 Å². The maximum absolute atomic E-state index is 11.9. The molecule has 0 spiro atoms. The van der Waals surface area contributed by atoms with Gasteiger partial charge in [-0.05, 0) is 30.7 Å². The van der Waals surface area contributed by atoms with Crippen LogP contribution in [0.15, 0.2) is 48.5 Å². The van der Waals surface area contributed by atoms with E-state index >= 15 is 0 Å². The van der Waals surface area contributed by atoms with Crippen molar-refractivity contribution in [2.75, 3.05) is 6.61 Å². The quantitative estimate of drug-likeness (QED) is 0.664. The first-order valence-electron chi connectivity index (χ1n) is 8.25. The van der Waals surface area contributed by atoms with Crippen molar-refractivity contribution in [2.45, 2.75) is 19.6 Å². The van der Waals surface area contributed by atoms with E-state index in [0.717, 1.165) is 5.56 Å². The van der Waals surface area contributed by atoms with Crippen LogP contribution in [-0.4, -0.2) is 30.6 Å². The van der Waals surface area contributed by atoms with Crippen LogP contribution in [0.3, 0.4) is 0 Å². The van der Waals surface area contributed by atoms with Crippen molar-refractivity contribution in [1.29, 1.82) is 0 Å². The van der Waals surface area contributed by atoms with E-state index in [1.54, 1.807) is 6.07 Å². The Morgan fingerprint density at radius 1 is 1.07 bits per heavy atom. The lowest BCUT2D eigenvalue weighted by Crippen LogP contribution is -2.44. The Labute approximate surface area is 171 Å². The summed E-state index contributed by atoms with van der Waals surface area (Å²) in [7, 11) is 0. The first kappa shape index (κ1) is 21.5. The van der Waals surface area contributed by atoms with Gasteiger partial charge < -0.3 is 14.8 Å². The second-order valence-electron chi connectivity index (χ2n) is 5.65. The number of hydrogen-bond acceptors (Lipinski definition) is 5. The number of ether oxygens (including phenoxy) is 2. The second-order valence-corrected chi connectivity index (χ2v) is 6.50. The highest BCUT2D eigenvalue weighted by molar-refractivity contribution is 6.35. The molecule has 0 radical (unpaired) electrons. The van der Waals surface area contributed by atoms with E-state index in [-0.39, 0.29) is 17.3 Å². The van der Waals surface area contributed by atoms with Gasteiger partial charge in [0, 0.05) is 11.6 Å². The zero-order chi connectivity index (χ0) is 20.5. The zero-order valence-electron chi connectivity index (χ0n) is 14.9. The van der Waals surface area contributed by atoms with Crippen LogP contribution in [0.2, 0.25) is 10.0 Å². The molecule has 0 fully saturated rings. The molecular formula is C19H18Cl2N2O5. The lowest BCUT2D eigenvalue weighted by atomic mass is 10.2. The maximum Gasteiger partial charge on any atom is 0.344 e. The van der Waals surface area contributed by atoms with Gasteiger partial charge in [-0.3, -0.25) is 10.1 Å². The van der Waals surface area contributed by atoms with Gasteiger partial charge in [0.1, 0.15) is 5.75 Å². The fourth-order valence-corrected chi connectivity index (χ4v) is 2.51. The van der Waals surface area contributed by atoms with Crippen molar-refractivity contribution in [3.63, 3.8) is 0 Å². The van der Waals surface area contributed by atoms with Crippen molar-refractivity contribution < 1.29 is 23.9 Å². The molecule has 148 valence electrons. The van der Waals surface area contributed by atoms with Crippen molar-refractivity contribution in [3.8, 4) is 5.75 Å². The summed E-state index contributed by atoms with van der Waals surface area (Å²) in [4.78, 5) is 35.5. The number of carbonyl (C=O) groups excluding carboxylic acids is 3. The average Bonchev–Trinajstić information content (AvgIpc) is 2.66. The Hall–Kier alpha value is -2.77. The van der Waals surface area contributed by atoms with E-state index in [0.29, 0.717) is 5.02 Å². The Morgan fingerprint density at radius 3 is 2.46 bits per heavy atom. The molecule has 2 N–H and O–H groups in total. The normalized spacial score (nSPS) is 11.2. The van der Waals surface area contributed by atoms with E-state index in [2.05, 4.69) is 10.6 Å². The fraction of sp³-hybridized carbons (Fsp3) is 0.211. The molecular weight excluding hydrogens is 407 g/mol. The first-order valence-corrected chi connectivity index (χ1v) is 9.00. The summed E-state index contributed by atoms with van der Waals surface area (Å²) in [5.74, 6) is -1.30. The average molecular weight is 425 g/mol. The lowest BCUT2D eigenvalue weighted by Gasteiger charge is -2.14. The molecule has 0 bridgehead atoms. The lowest BCUT2D eigenvalue weighted by molar-refractivity contribution is -0.156. The number of rotatable bonds is 7. The van der Waals surface area contributed by atoms with Crippen molar-refractivity contribution in [1.82, 2.24) is 10.6 Å². The van der Waals surface area contributed by atoms with Crippen molar-refractivity contribution in [3.05, 3.63) is 64.1 Å². The van der Waals surface area contributed by atoms with Crippen LogP contribution in [0.25, 0.3) is 0 Å². The predicted octanol–water partition coefficient (Wildman–Crippen LogP) is 3.33. The number of carbonyl (C=O) groups is 3. The fourth-order valence-electron chi connectivity index (χ4n) is 2.05. The molecule has 0 heterocycles. The van der Waals surface area contributed by atoms with Crippen LogP contribution in [0.4, 0.5) is 4.79 Å². The summed E-state index contributed by atoms with van der Waals surface area (Å²) in [5, 5.41) is 5.30. The van der Waals surface area contributed by atoms with E-state index in [1.807, 2.05) is 30.3 Å². The third-order valence-corrected chi connectivity index (χ3v) is 3.98. The summed E-state index contributed by atoms with van der Waals surface area (Å²) < 4.78 is 10.2. The van der Waals surface area contributed by atoms with Gasteiger partial charge in [-0.15, -0.1) is 0 Å². The number of hydrogen-bond donors (Lipinski definition) is 2. The summed E-state index contributed by atoms with van der Waals surface area (Å²) in [6.45, 7) is 1.13. The molecule has 28 heavy (non-hydrogen) atoms. The molecule has 3 amide bonds. The molecule has 0 aliphatic carbocycles. The number of nitrogens with one attached hydrogen (secondary N) is 2. The Balaban J connectivity index is 1.73. The smallest absolute Gasteiger partial charge is 0.344 e. The summed E-state index contributed by atoms with van der Waals surface area (Å²) in [6, 6.07) is 13.0. The molecule has 1 unspecified atom stereocenters. The SMILES string of the molecule is CC(OC(=O)COc1ccc(Cl)cc1Cl)C(=O)NC(=O)NCc1ccccc1. The molecule has 2 aromatic carbocycles. The van der Waals surface area contributed by atoms with Gasteiger partial charge in [-0.25, -0.2) is 9.59 Å². The molecule has 7 nitrogen and oxygen atoms in total. The topological polar surface area (TPSA) is 93.7 Å². The van der Waals surface area contributed by atoms with Crippen LogP contribution < -0.4 is 15.4 Å². The molecule has 9 heteroatoms. The number of imide groups is 1. The highest BCUT2D eigenvalue weighted by Crippen LogP contribution is 2.27. The number of esters is 1.